The van der Waals surface area contributed by atoms with Gasteiger partial charge in [0.2, 0.25) is 0 Å². The number of hydrogen-bond donors (Lipinski definition) is 3. The van der Waals surface area contributed by atoms with Crippen molar-refractivity contribution in [1.82, 2.24) is 10.2 Å². The fraction of sp³-hybridized carbons (Fsp3) is 0.458. The fourth-order valence-corrected chi connectivity index (χ4v) is 4.29. The topological polar surface area (TPSA) is 82.0 Å². The molecule has 0 bridgehead atoms. The van der Waals surface area contributed by atoms with Crippen LogP contribution in [0.3, 0.4) is 0 Å². The summed E-state index contributed by atoms with van der Waals surface area (Å²) in [4.78, 5) is 14.1. The summed E-state index contributed by atoms with van der Waals surface area (Å²) in [5.41, 5.74) is 3.35. The maximum atomic E-state index is 12.2. The molecule has 2 aromatic rings. The number of aliphatic hydroxyl groups is 1. The third kappa shape index (κ3) is 5.12. The van der Waals surface area contributed by atoms with Crippen molar-refractivity contribution in [2.45, 2.75) is 44.2 Å². The lowest BCUT2D eigenvalue weighted by molar-refractivity contribution is -0.132. The lowest BCUT2D eigenvalue weighted by Crippen LogP contribution is -2.37. The third-order valence-corrected chi connectivity index (χ3v) is 6.10. The zero-order chi connectivity index (χ0) is 20.9. The highest BCUT2D eigenvalue weighted by Crippen LogP contribution is 2.26. The molecule has 0 radical (unpaired) electrons. The van der Waals surface area contributed by atoms with Gasteiger partial charge in [0.25, 0.3) is 5.91 Å². The smallest absolute Gasteiger partial charge is 0.260 e. The molecule has 1 saturated heterocycles. The molecule has 1 amide bonds. The number of phenols is 1. The Bertz CT molecular complexity index is 862. The number of likely N-dealkylation sites (tertiary alicyclic amines) is 1. The summed E-state index contributed by atoms with van der Waals surface area (Å²) in [6, 6.07) is 13.1. The van der Waals surface area contributed by atoms with Crippen molar-refractivity contribution in [1.29, 1.82) is 0 Å². The summed E-state index contributed by atoms with van der Waals surface area (Å²) in [6.45, 7) is 2.25. The SMILES string of the molecule is O=C(COc1ccc2c(c1)C[C@@H](NCC(O)c1ccc(O)cc1)CC2)N1CCCC1. The van der Waals surface area contributed by atoms with E-state index in [1.165, 1.54) is 11.1 Å². The Morgan fingerprint density at radius 3 is 2.67 bits per heavy atom. The molecule has 1 unspecified atom stereocenters. The molecule has 2 aliphatic rings. The number of hydrogen-bond acceptors (Lipinski definition) is 5. The van der Waals surface area contributed by atoms with Crippen molar-refractivity contribution in [2.24, 2.45) is 0 Å². The third-order valence-electron chi connectivity index (χ3n) is 6.10. The largest absolute Gasteiger partial charge is 0.508 e. The maximum absolute atomic E-state index is 12.2. The van der Waals surface area contributed by atoms with Crippen molar-refractivity contribution in [3.8, 4) is 11.5 Å². The van der Waals surface area contributed by atoms with Gasteiger partial charge in [-0.15, -0.1) is 0 Å². The Hall–Kier alpha value is -2.57. The second-order valence-corrected chi connectivity index (χ2v) is 8.26. The zero-order valence-electron chi connectivity index (χ0n) is 17.2. The summed E-state index contributed by atoms with van der Waals surface area (Å²) >= 11 is 0. The van der Waals surface area contributed by atoms with Gasteiger partial charge in [0.1, 0.15) is 11.5 Å². The number of fused-ring (bicyclic) bond motifs is 1. The van der Waals surface area contributed by atoms with Gasteiger partial charge in [-0.3, -0.25) is 4.79 Å². The van der Waals surface area contributed by atoms with E-state index in [1.54, 1.807) is 24.3 Å². The number of phenolic OH excluding ortho intramolecular Hbond substituents is 1. The monoisotopic (exact) mass is 410 g/mol. The summed E-state index contributed by atoms with van der Waals surface area (Å²) in [7, 11) is 0. The molecule has 4 rings (SSSR count). The number of benzene rings is 2. The molecule has 6 heteroatoms. The van der Waals surface area contributed by atoms with Gasteiger partial charge in [0, 0.05) is 25.7 Å². The van der Waals surface area contributed by atoms with Crippen LogP contribution in [0.25, 0.3) is 0 Å². The Morgan fingerprint density at radius 2 is 1.90 bits per heavy atom. The van der Waals surface area contributed by atoms with Crippen LogP contribution < -0.4 is 10.1 Å². The zero-order valence-corrected chi connectivity index (χ0v) is 17.2. The van der Waals surface area contributed by atoms with E-state index in [9.17, 15) is 15.0 Å². The van der Waals surface area contributed by atoms with Crippen LogP contribution in [0, 0.1) is 0 Å². The van der Waals surface area contributed by atoms with E-state index in [4.69, 9.17) is 4.74 Å². The standard InChI is InChI=1S/C24H30N2O4/c27-21-8-4-18(5-9-21)23(28)15-25-20-7-3-17-6-10-22(14-19(17)13-20)30-16-24(29)26-11-1-2-12-26/h4-6,8-10,14,20,23,25,27-28H,1-3,7,11-13,15-16H2/t20-,23?/m0/s1. The first-order valence-electron chi connectivity index (χ1n) is 10.8. The van der Waals surface area contributed by atoms with Gasteiger partial charge >= 0.3 is 0 Å². The molecular weight excluding hydrogens is 380 g/mol. The van der Waals surface area contributed by atoms with Crippen LogP contribution in [0.4, 0.5) is 0 Å². The van der Waals surface area contributed by atoms with Crippen molar-refractivity contribution in [3.63, 3.8) is 0 Å². The first kappa shape index (κ1) is 20.7. The Balaban J connectivity index is 1.29. The number of aryl methyl sites for hydroxylation is 1. The summed E-state index contributed by atoms with van der Waals surface area (Å²) < 4.78 is 5.78. The molecule has 2 atom stereocenters. The van der Waals surface area contributed by atoms with Crippen molar-refractivity contribution in [3.05, 3.63) is 59.2 Å². The van der Waals surface area contributed by atoms with E-state index in [2.05, 4.69) is 17.4 Å². The van der Waals surface area contributed by atoms with Crippen LogP contribution in [0.5, 0.6) is 11.5 Å². The lowest BCUT2D eigenvalue weighted by Gasteiger charge is -2.27. The van der Waals surface area contributed by atoms with Crippen LogP contribution >= 0.6 is 0 Å². The second-order valence-electron chi connectivity index (χ2n) is 8.26. The molecule has 1 aliphatic heterocycles. The van der Waals surface area contributed by atoms with E-state index in [0.717, 1.165) is 56.5 Å². The van der Waals surface area contributed by atoms with E-state index >= 15 is 0 Å². The predicted molar refractivity (Wildman–Crippen MR) is 115 cm³/mol. The first-order valence-corrected chi connectivity index (χ1v) is 10.8. The molecule has 0 saturated carbocycles. The van der Waals surface area contributed by atoms with Crippen molar-refractivity contribution < 1.29 is 19.7 Å². The van der Waals surface area contributed by atoms with Crippen LogP contribution in [-0.4, -0.2) is 53.3 Å². The lowest BCUT2D eigenvalue weighted by atomic mass is 9.88. The van der Waals surface area contributed by atoms with Crippen LogP contribution in [0.1, 0.15) is 42.1 Å². The average Bonchev–Trinajstić information content (AvgIpc) is 3.31. The van der Waals surface area contributed by atoms with E-state index in [-0.39, 0.29) is 24.3 Å². The van der Waals surface area contributed by atoms with Crippen molar-refractivity contribution in [2.75, 3.05) is 26.2 Å². The summed E-state index contributed by atoms with van der Waals surface area (Å²) in [5.74, 6) is 1.00. The van der Waals surface area contributed by atoms with E-state index < -0.39 is 6.10 Å². The van der Waals surface area contributed by atoms with Gasteiger partial charge in [-0.05, 0) is 73.1 Å². The van der Waals surface area contributed by atoms with Crippen molar-refractivity contribution >= 4 is 5.91 Å². The van der Waals surface area contributed by atoms with Crippen LogP contribution in [0.2, 0.25) is 0 Å². The second kappa shape index (κ2) is 9.49. The molecule has 160 valence electrons. The average molecular weight is 411 g/mol. The number of aromatic hydroxyl groups is 1. The van der Waals surface area contributed by atoms with Gasteiger partial charge in [-0.25, -0.2) is 0 Å². The van der Waals surface area contributed by atoms with E-state index in [1.807, 2.05) is 11.0 Å². The number of carbonyl (C=O) groups excluding carboxylic acids is 1. The fourth-order valence-electron chi connectivity index (χ4n) is 4.29. The molecule has 0 aromatic heterocycles. The highest BCUT2D eigenvalue weighted by atomic mass is 16.5. The Labute approximate surface area is 177 Å². The highest BCUT2D eigenvalue weighted by molar-refractivity contribution is 5.78. The molecule has 0 spiro atoms. The highest BCUT2D eigenvalue weighted by Gasteiger charge is 2.21. The van der Waals surface area contributed by atoms with Crippen LogP contribution in [0.15, 0.2) is 42.5 Å². The molecule has 1 heterocycles. The number of carbonyl (C=O) groups is 1. The number of nitrogens with zero attached hydrogens (tertiary/aromatic N) is 1. The van der Waals surface area contributed by atoms with Gasteiger partial charge in [-0.1, -0.05) is 18.2 Å². The number of aliphatic hydroxyl groups excluding tert-OH is 1. The first-order chi connectivity index (χ1) is 14.6. The Morgan fingerprint density at radius 1 is 1.13 bits per heavy atom. The van der Waals surface area contributed by atoms with Gasteiger partial charge in [0.05, 0.1) is 6.10 Å². The quantitative estimate of drug-likeness (QED) is 0.654. The molecule has 1 aliphatic carbocycles. The maximum Gasteiger partial charge on any atom is 0.260 e. The number of rotatable bonds is 7. The van der Waals surface area contributed by atoms with E-state index in [0.29, 0.717) is 6.54 Å². The molecule has 1 fully saturated rings. The summed E-state index contributed by atoms with van der Waals surface area (Å²) in [5, 5.41) is 23.2. The minimum atomic E-state index is -0.613. The molecule has 3 N–H and O–H groups in total. The van der Waals surface area contributed by atoms with Gasteiger partial charge in [-0.2, -0.15) is 0 Å². The minimum Gasteiger partial charge on any atom is -0.508 e. The number of amides is 1. The van der Waals surface area contributed by atoms with Crippen LogP contribution in [-0.2, 0) is 17.6 Å². The minimum absolute atomic E-state index is 0.0629. The summed E-state index contributed by atoms with van der Waals surface area (Å²) in [6.07, 6.45) is 4.42. The number of nitrogens with one attached hydrogen (secondary N) is 1. The van der Waals surface area contributed by atoms with Gasteiger partial charge in [0.15, 0.2) is 6.61 Å². The molecule has 30 heavy (non-hydrogen) atoms. The van der Waals surface area contributed by atoms with Gasteiger partial charge < -0.3 is 25.2 Å². The number of ether oxygens (including phenoxy) is 1. The Kier molecular flexibility index (Phi) is 6.55. The normalized spacial score (nSPS) is 19.4. The molecule has 6 nitrogen and oxygen atoms in total. The molecular formula is C24H30N2O4. The predicted octanol–water partition coefficient (Wildman–Crippen LogP) is 2.57. The molecule has 2 aromatic carbocycles.